The van der Waals surface area contributed by atoms with Gasteiger partial charge in [0.25, 0.3) is 0 Å². The lowest BCUT2D eigenvalue weighted by molar-refractivity contribution is -0.144. The second-order valence-electron chi connectivity index (χ2n) is 4.19. The van der Waals surface area contributed by atoms with Crippen LogP contribution in [-0.2, 0) is 14.3 Å². The van der Waals surface area contributed by atoms with Crippen LogP contribution in [-0.4, -0.2) is 43.8 Å². The summed E-state index contributed by atoms with van der Waals surface area (Å²) >= 11 is 0. The first-order valence-corrected chi connectivity index (χ1v) is 6.06. The molecule has 1 atom stereocenters. The minimum absolute atomic E-state index is 0.147. The Morgan fingerprint density at radius 2 is 2.16 bits per heavy atom. The van der Waals surface area contributed by atoms with Gasteiger partial charge in [-0.25, -0.2) is 4.79 Å². The second-order valence-corrected chi connectivity index (χ2v) is 4.19. The lowest BCUT2D eigenvalue weighted by Crippen LogP contribution is -2.31. The largest absolute Gasteiger partial charge is 0.469 e. The summed E-state index contributed by atoms with van der Waals surface area (Å²) in [4.78, 5) is 24.6. The molecule has 0 spiro atoms. The van der Waals surface area contributed by atoms with Gasteiger partial charge in [0, 0.05) is 13.1 Å². The number of nitrogens with zero attached hydrogens (tertiary/aromatic N) is 1. The van der Waals surface area contributed by atoms with Gasteiger partial charge in [0.2, 0.25) is 0 Å². The maximum Gasteiger partial charge on any atom is 0.410 e. The zero-order chi connectivity index (χ0) is 14.3. The second kappa shape index (κ2) is 7.41. The number of hydrogen-bond acceptors (Lipinski definition) is 4. The number of hydrogen-bond donors (Lipinski definition) is 0. The van der Waals surface area contributed by atoms with Crippen LogP contribution in [0.5, 0.6) is 0 Å². The molecule has 1 aliphatic heterocycles. The SMILES string of the molecule is C=C/C=C(\C=C)COC(=O)N1CCC(C(=O)OC)C1. The van der Waals surface area contributed by atoms with Gasteiger partial charge in [0.05, 0.1) is 13.0 Å². The van der Waals surface area contributed by atoms with E-state index in [-0.39, 0.29) is 18.5 Å². The molecule has 19 heavy (non-hydrogen) atoms. The predicted molar refractivity (Wildman–Crippen MR) is 71.5 cm³/mol. The fraction of sp³-hybridized carbons (Fsp3) is 0.429. The van der Waals surface area contributed by atoms with E-state index >= 15 is 0 Å². The number of rotatable bonds is 5. The molecular weight excluding hydrogens is 246 g/mol. The van der Waals surface area contributed by atoms with E-state index < -0.39 is 6.09 Å². The highest BCUT2D eigenvalue weighted by Gasteiger charge is 2.32. The van der Waals surface area contributed by atoms with Crippen molar-refractivity contribution in [3.05, 3.63) is 37.0 Å². The number of amides is 1. The molecule has 1 rings (SSSR count). The summed E-state index contributed by atoms with van der Waals surface area (Å²) < 4.78 is 9.80. The number of carbonyl (C=O) groups excluding carboxylic acids is 2. The number of allylic oxidation sites excluding steroid dienone is 2. The van der Waals surface area contributed by atoms with Crippen LogP contribution in [0, 0.1) is 5.92 Å². The first-order valence-electron chi connectivity index (χ1n) is 6.06. The Hall–Kier alpha value is -2.04. The van der Waals surface area contributed by atoms with Gasteiger partial charge >= 0.3 is 12.1 Å². The molecule has 0 aromatic rings. The summed E-state index contributed by atoms with van der Waals surface area (Å²) in [5, 5.41) is 0. The molecule has 1 aliphatic rings. The molecule has 0 aliphatic carbocycles. The minimum atomic E-state index is -0.428. The zero-order valence-corrected chi connectivity index (χ0v) is 11.1. The predicted octanol–water partition coefficient (Wildman–Crippen LogP) is 1.92. The molecule has 0 N–H and O–H groups in total. The highest BCUT2D eigenvalue weighted by molar-refractivity contribution is 5.75. The summed E-state index contributed by atoms with van der Waals surface area (Å²) in [6.45, 7) is 8.19. The first-order chi connectivity index (χ1) is 9.12. The third-order valence-electron chi connectivity index (χ3n) is 2.94. The summed E-state index contributed by atoms with van der Waals surface area (Å²) in [5.41, 5.74) is 0.770. The molecule has 1 amide bonds. The third-order valence-corrected chi connectivity index (χ3v) is 2.94. The average molecular weight is 265 g/mol. The Morgan fingerprint density at radius 3 is 2.74 bits per heavy atom. The van der Waals surface area contributed by atoms with Gasteiger partial charge < -0.3 is 14.4 Å². The van der Waals surface area contributed by atoms with E-state index in [0.717, 1.165) is 5.57 Å². The highest BCUT2D eigenvalue weighted by Crippen LogP contribution is 2.18. The zero-order valence-electron chi connectivity index (χ0n) is 11.1. The number of likely N-dealkylation sites (tertiary alicyclic amines) is 1. The van der Waals surface area contributed by atoms with Crippen molar-refractivity contribution in [1.29, 1.82) is 0 Å². The van der Waals surface area contributed by atoms with Crippen molar-refractivity contribution < 1.29 is 19.1 Å². The number of ether oxygens (including phenoxy) is 2. The monoisotopic (exact) mass is 265 g/mol. The Kier molecular flexibility index (Phi) is 5.85. The van der Waals surface area contributed by atoms with Crippen molar-refractivity contribution in [3.63, 3.8) is 0 Å². The standard InChI is InChI=1S/C14H19NO4/c1-4-6-11(5-2)10-19-14(17)15-8-7-12(9-15)13(16)18-3/h4-6,12H,1-2,7-10H2,3H3/b11-6+. The molecule has 0 bridgehead atoms. The van der Waals surface area contributed by atoms with Gasteiger partial charge in [-0.15, -0.1) is 0 Å². The van der Waals surface area contributed by atoms with Gasteiger partial charge in [-0.3, -0.25) is 4.79 Å². The quantitative estimate of drug-likeness (QED) is 0.563. The van der Waals surface area contributed by atoms with Crippen LogP contribution in [0.4, 0.5) is 4.79 Å². The van der Waals surface area contributed by atoms with Crippen molar-refractivity contribution in [1.82, 2.24) is 4.90 Å². The van der Waals surface area contributed by atoms with Gasteiger partial charge in [0.1, 0.15) is 6.61 Å². The van der Waals surface area contributed by atoms with Crippen LogP contribution in [0.15, 0.2) is 37.0 Å². The third kappa shape index (κ3) is 4.28. The van der Waals surface area contributed by atoms with Crippen LogP contribution < -0.4 is 0 Å². The van der Waals surface area contributed by atoms with E-state index in [9.17, 15) is 9.59 Å². The molecule has 1 fully saturated rings. The van der Waals surface area contributed by atoms with Crippen molar-refractivity contribution >= 4 is 12.1 Å². The summed E-state index contributed by atoms with van der Waals surface area (Å²) in [6.07, 6.45) is 5.12. The fourth-order valence-corrected chi connectivity index (χ4v) is 1.85. The van der Waals surface area contributed by atoms with Gasteiger partial charge in [-0.2, -0.15) is 0 Å². The number of methoxy groups -OCH3 is 1. The Labute approximate surface area is 113 Å². The van der Waals surface area contributed by atoms with Crippen LogP contribution in [0.3, 0.4) is 0 Å². The number of carbonyl (C=O) groups is 2. The molecule has 1 unspecified atom stereocenters. The summed E-state index contributed by atoms with van der Waals surface area (Å²) in [6, 6.07) is 0. The smallest absolute Gasteiger partial charge is 0.410 e. The first kappa shape index (κ1) is 15.0. The van der Waals surface area contributed by atoms with E-state index in [2.05, 4.69) is 17.9 Å². The van der Waals surface area contributed by atoms with E-state index in [1.54, 1.807) is 18.2 Å². The maximum absolute atomic E-state index is 11.8. The van der Waals surface area contributed by atoms with E-state index in [4.69, 9.17) is 4.74 Å². The molecule has 1 saturated heterocycles. The van der Waals surface area contributed by atoms with Gasteiger partial charge in [-0.05, 0) is 12.0 Å². The number of esters is 1. The molecule has 0 saturated carbocycles. The molecule has 0 aromatic heterocycles. The Morgan fingerprint density at radius 1 is 1.42 bits per heavy atom. The maximum atomic E-state index is 11.8. The van der Waals surface area contributed by atoms with Crippen LogP contribution in [0.1, 0.15) is 6.42 Å². The van der Waals surface area contributed by atoms with E-state index in [1.165, 1.54) is 12.0 Å². The molecule has 0 aromatic carbocycles. The van der Waals surface area contributed by atoms with Gasteiger partial charge in [-0.1, -0.05) is 31.4 Å². The van der Waals surface area contributed by atoms with Crippen LogP contribution in [0.25, 0.3) is 0 Å². The molecule has 1 heterocycles. The van der Waals surface area contributed by atoms with Crippen LogP contribution >= 0.6 is 0 Å². The summed E-state index contributed by atoms with van der Waals surface area (Å²) in [5.74, 6) is -0.534. The lowest BCUT2D eigenvalue weighted by atomic mass is 10.1. The molecule has 0 radical (unpaired) electrons. The fourth-order valence-electron chi connectivity index (χ4n) is 1.85. The van der Waals surface area contributed by atoms with Crippen LogP contribution in [0.2, 0.25) is 0 Å². The molecule has 5 nitrogen and oxygen atoms in total. The Balaban J connectivity index is 2.43. The van der Waals surface area contributed by atoms with Crippen molar-refractivity contribution in [2.75, 3.05) is 26.8 Å². The average Bonchev–Trinajstić information content (AvgIpc) is 2.92. The summed E-state index contributed by atoms with van der Waals surface area (Å²) in [7, 11) is 1.35. The van der Waals surface area contributed by atoms with Crippen molar-refractivity contribution in [2.24, 2.45) is 5.92 Å². The lowest BCUT2D eigenvalue weighted by Gasteiger charge is -2.16. The van der Waals surface area contributed by atoms with Crippen molar-refractivity contribution in [3.8, 4) is 0 Å². The Bertz CT molecular complexity index is 400. The van der Waals surface area contributed by atoms with E-state index in [0.29, 0.717) is 19.5 Å². The van der Waals surface area contributed by atoms with Crippen molar-refractivity contribution in [2.45, 2.75) is 6.42 Å². The topological polar surface area (TPSA) is 55.8 Å². The normalized spacial score (nSPS) is 18.9. The molecule has 104 valence electrons. The molecular formula is C14H19NO4. The van der Waals surface area contributed by atoms with E-state index in [1.807, 2.05) is 0 Å². The van der Waals surface area contributed by atoms with Gasteiger partial charge in [0.15, 0.2) is 0 Å². The molecule has 5 heteroatoms. The highest BCUT2D eigenvalue weighted by atomic mass is 16.6. The minimum Gasteiger partial charge on any atom is -0.469 e.